The third-order valence-corrected chi connectivity index (χ3v) is 3.00. The summed E-state index contributed by atoms with van der Waals surface area (Å²) in [6.07, 6.45) is -1.21. The maximum absolute atomic E-state index is 11.9. The molecule has 2 atom stereocenters. The number of amides is 5. The zero-order valence-electron chi connectivity index (χ0n) is 11.3. The van der Waals surface area contributed by atoms with Gasteiger partial charge >= 0.3 is 17.8 Å². The standard InChI is InChI=1S/C11H18N4O5/c1-3-14-4-5-15(10(19)9(14)18)11(20)13-7(6(2)16)8(12)17/h6-7,16H,3-5H2,1-2H3,(H2,12,17)(H,13,20). The second kappa shape index (κ2) is 6.33. The largest absolute Gasteiger partial charge is 0.391 e. The molecule has 1 fully saturated rings. The highest BCUT2D eigenvalue weighted by Crippen LogP contribution is 2.06. The summed E-state index contributed by atoms with van der Waals surface area (Å²) in [5.74, 6) is -2.68. The van der Waals surface area contributed by atoms with E-state index in [1.165, 1.54) is 11.8 Å². The maximum atomic E-state index is 11.9. The van der Waals surface area contributed by atoms with E-state index < -0.39 is 35.9 Å². The highest BCUT2D eigenvalue weighted by Gasteiger charge is 2.37. The van der Waals surface area contributed by atoms with Crippen molar-refractivity contribution in [3.8, 4) is 0 Å². The van der Waals surface area contributed by atoms with Gasteiger partial charge in [-0.15, -0.1) is 0 Å². The van der Waals surface area contributed by atoms with Gasteiger partial charge in [-0.2, -0.15) is 0 Å². The molecular formula is C11H18N4O5. The van der Waals surface area contributed by atoms with Crippen LogP contribution in [0.5, 0.6) is 0 Å². The summed E-state index contributed by atoms with van der Waals surface area (Å²) in [7, 11) is 0. The molecule has 1 aliphatic rings. The lowest BCUT2D eigenvalue weighted by molar-refractivity contribution is -0.153. The van der Waals surface area contributed by atoms with Crippen molar-refractivity contribution in [2.75, 3.05) is 19.6 Å². The predicted molar refractivity (Wildman–Crippen MR) is 67.2 cm³/mol. The molecular weight excluding hydrogens is 268 g/mol. The van der Waals surface area contributed by atoms with Gasteiger partial charge in [-0.25, -0.2) is 4.79 Å². The van der Waals surface area contributed by atoms with Crippen LogP contribution in [-0.2, 0) is 14.4 Å². The molecule has 0 radical (unpaired) electrons. The smallest absolute Gasteiger partial charge is 0.325 e. The van der Waals surface area contributed by atoms with Crippen LogP contribution in [-0.4, -0.2) is 70.4 Å². The number of carbonyl (C=O) groups is 4. The van der Waals surface area contributed by atoms with E-state index in [2.05, 4.69) is 5.32 Å². The molecule has 9 nitrogen and oxygen atoms in total. The third kappa shape index (κ3) is 3.23. The van der Waals surface area contributed by atoms with Gasteiger partial charge in [0.2, 0.25) is 5.91 Å². The molecule has 0 saturated carbocycles. The number of likely N-dealkylation sites (N-methyl/N-ethyl adjacent to an activating group) is 1. The van der Waals surface area contributed by atoms with Gasteiger partial charge in [0, 0.05) is 19.6 Å². The Hall–Kier alpha value is -2.16. The zero-order valence-corrected chi connectivity index (χ0v) is 11.3. The Morgan fingerprint density at radius 2 is 1.95 bits per heavy atom. The fourth-order valence-electron chi connectivity index (χ4n) is 1.81. The lowest BCUT2D eigenvalue weighted by Gasteiger charge is -2.32. The number of hydrogen-bond acceptors (Lipinski definition) is 5. The summed E-state index contributed by atoms with van der Waals surface area (Å²) in [6, 6.07) is -2.25. The number of nitrogens with two attached hydrogens (primary N) is 1. The number of carbonyl (C=O) groups excluding carboxylic acids is 4. The molecule has 0 aliphatic carbocycles. The number of piperazine rings is 1. The van der Waals surface area contributed by atoms with Crippen LogP contribution in [0.25, 0.3) is 0 Å². The molecule has 0 aromatic heterocycles. The lowest BCUT2D eigenvalue weighted by Crippen LogP contribution is -2.61. The van der Waals surface area contributed by atoms with Gasteiger partial charge in [-0.3, -0.25) is 19.3 Å². The maximum Gasteiger partial charge on any atom is 0.325 e. The van der Waals surface area contributed by atoms with Crippen LogP contribution >= 0.6 is 0 Å². The van der Waals surface area contributed by atoms with Gasteiger partial charge in [-0.05, 0) is 13.8 Å². The predicted octanol–water partition coefficient (Wildman–Crippen LogP) is -2.38. The van der Waals surface area contributed by atoms with E-state index in [9.17, 15) is 24.3 Å². The molecule has 5 amide bonds. The van der Waals surface area contributed by atoms with Gasteiger partial charge in [0.25, 0.3) is 0 Å². The fraction of sp³-hybridized carbons (Fsp3) is 0.636. The first-order valence-electron chi connectivity index (χ1n) is 6.18. The number of nitrogens with one attached hydrogen (secondary N) is 1. The van der Waals surface area contributed by atoms with E-state index in [-0.39, 0.29) is 13.1 Å². The normalized spacial score (nSPS) is 18.8. The highest BCUT2D eigenvalue weighted by atomic mass is 16.3. The fourth-order valence-corrected chi connectivity index (χ4v) is 1.81. The summed E-state index contributed by atoms with van der Waals surface area (Å²) in [4.78, 5) is 48.3. The second-order valence-electron chi connectivity index (χ2n) is 4.41. The Kier molecular flexibility index (Phi) is 5.03. The van der Waals surface area contributed by atoms with Crippen molar-refractivity contribution in [2.45, 2.75) is 26.0 Å². The van der Waals surface area contributed by atoms with E-state index in [0.717, 1.165) is 0 Å². The number of aliphatic hydroxyl groups is 1. The molecule has 0 aromatic rings. The van der Waals surface area contributed by atoms with E-state index in [1.807, 2.05) is 0 Å². The summed E-state index contributed by atoms with van der Waals surface area (Å²) in [5.41, 5.74) is 5.03. The third-order valence-electron chi connectivity index (χ3n) is 3.00. The van der Waals surface area contributed by atoms with Crippen LogP contribution in [0.3, 0.4) is 0 Å². The SMILES string of the molecule is CCN1CCN(C(=O)NC(C(N)=O)C(C)O)C(=O)C1=O. The summed E-state index contributed by atoms with van der Waals surface area (Å²) in [5, 5.41) is 11.5. The quantitative estimate of drug-likeness (QED) is 0.496. The molecule has 0 bridgehead atoms. The minimum Gasteiger partial charge on any atom is -0.391 e. The van der Waals surface area contributed by atoms with Crippen molar-refractivity contribution < 1.29 is 24.3 Å². The van der Waals surface area contributed by atoms with Crippen LogP contribution in [0.1, 0.15) is 13.8 Å². The first-order chi connectivity index (χ1) is 9.29. The summed E-state index contributed by atoms with van der Waals surface area (Å²) < 4.78 is 0. The molecule has 20 heavy (non-hydrogen) atoms. The topological polar surface area (TPSA) is 133 Å². The zero-order chi connectivity index (χ0) is 15.4. The average molecular weight is 286 g/mol. The number of urea groups is 1. The Labute approximate surface area is 115 Å². The number of aliphatic hydroxyl groups excluding tert-OH is 1. The second-order valence-corrected chi connectivity index (χ2v) is 4.41. The van der Waals surface area contributed by atoms with Crippen molar-refractivity contribution in [3.63, 3.8) is 0 Å². The van der Waals surface area contributed by atoms with Crippen molar-refractivity contribution in [2.24, 2.45) is 5.73 Å². The van der Waals surface area contributed by atoms with E-state index >= 15 is 0 Å². The first kappa shape index (κ1) is 15.9. The molecule has 1 heterocycles. The molecule has 1 aliphatic heterocycles. The minimum absolute atomic E-state index is 0.0234. The Morgan fingerprint density at radius 1 is 1.35 bits per heavy atom. The van der Waals surface area contributed by atoms with Crippen LogP contribution in [0.15, 0.2) is 0 Å². The van der Waals surface area contributed by atoms with Crippen LogP contribution < -0.4 is 11.1 Å². The van der Waals surface area contributed by atoms with Gasteiger partial charge < -0.3 is 21.1 Å². The van der Waals surface area contributed by atoms with Crippen molar-refractivity contribution in [3.05, 3.63) is 0 Å². The molecule has 2 unspecified atom stereocenters. The van der Waals surface area contributed by atoms with E-state index in [4.69, 9.17) is 5.73 Å². The highest BCUT2D eigenvalue weighted by molar-refractivity contribution is 6.38. The molecule has 112 valence electrons. The number of imide groups is 1. The number of hydrogen-bond donors (Lipinski definition) is 3. The molecule has 1 saturated heterocycles. The first-order valence-corrected chi connectivity index (χ1v) is 6.18. The van der Waals surface area contributed by atoms with Crippen molar-refractivity contribution >= 4 is 23.8 Å². The van der Waals surface area contributed by atoms with Crippen LogP contribution in [0.2, 0.25) is 0 Å². The van der Waals surface area contributed by atoms with Crippen molar-refractivity contribution in [1.82, 2.24) is 15.1 Å². The Balaban J connectivity index is 2.76. The van der Waals surface area contributed by atoms with Crippen LogP contribution in [0, 0.1) is 0 Å². The molecule has 1 rings (SSSR count). The Morgan fingerprint density at radius 3 is 2.40 bits per heavy atom. The van der Waals surface area contributed by atoms with Gasteiger partial charge in [0.05, 0.1) is 6.10 Å². The van der Waals surface area contributed by atoms with Crippen LogP contribution in [0.4, 0.5) is 4.79 Å². The van der Waals surface area contributed by atoms with Gasteiger partial charge in [-0.1, -0.05) is 0 Å². The summed E-state index contributed by atoms with van der Waals surface area (Å²) >= 11 is 0. The average Bonchev–Trinajstić information content (AvgIpc) is 2.38. The number of nitrogens with zero attached hydrogens (tertiary/aromatic N) is 2. The van der Waals surface area contributed by atoms with Crippen molar-refractivity contribution in [1.29, 1.82) is 0 Å². The molecule has 4 N–H and O–H groups in total. The lowest BCUT2D eigenvalue weighted by atomic mass is 10.2. The molecule has 0 spiro atoms. The van der Waals surface area contributed by atoms with Gasteiger partial charge in [0.1, 0.15) is 6.04 Å². The minimum atomic E-state index is -1.32. The number of primary amides is 1. The number of rotatable bonds is 4. The Bertz CT molecular complexity index is 437. The van der Waals surface area contributed by atoms with Gasteiger partial charge in [0.15, 0.2) is 0 Å². The monoisotopic (exact) mass is 286 g/mol. The summed E-state index contributed by atoms with van der Waals surface area (Å²) in [6.45, 7) is 3.62. The molecule has 9 heteroatoms. The molecule has 0 aromatic carbocycles. The van der Waals surface area contributed by atoms with E-state index in [1.54, 1.807) is 6.92 Å². The van der Waals surface area contributed by atoms with E-state index in [0.29, 0.717) is 11.4 Å².